The molecule has 4 nitrogen and oxygen atoms in total. The van der Waals surface area contributed by atoms with Crippen molar-refractivity contribution in [1.82, 2.24) is 0 Å². The summed E-state index contributed by atoms with van der Waals surface area (Å²) in [6, 6.07) is 9.37. The van der Waals surface area contributed by atoms with Crippen molar-refractivity contribution in [3.8, 4) is 0 Å². The van der Waals surface area contributed by atoms with E-state index in [1.165, 1.54) is 0 Å². The van der Waals surface area contributed by atoms with E-state index in [0.29, 0.717) is 5.41 Å². The highest BCUT2D eigenvalue weighted by Crippen LogP contribution is 2.41. The normalized spacial score (nSPS) is 23.7. The molecule has 21 heavy (non-hydrogen) atoms. The van der Waals surface area contributed by atoms with Crippen LogP contribution in [0.1, 0.15) is 46.5 Å². The second kappa shape index (κ2) is 7.35. The predicted molar refractivity (Wildman–Crippen MR) is 85.0 cm³/mol. The van der Waals surface area contributed by atoms with Crippen LogP contribution in [0.25, 0.3) is 0 Å². The van der Waals surface area contributed by atoms with E-state index in [9.17, 15) is 4.57 Å². The van der Waals surface area contributed by atoms with Gasteiger partial charge in [-0.15, -0.1) is 4.52 Å². The molecule has 1 fully saturated rings. The van der Waals surface area contributed by atoms with E-state index in [4.69, 9.17) is 9.15 Å². The van der Waals surface area contributed by atoms with Crippen LogP contribution in [0.4, 0.5) is 5.69 Å². The smallest absolute Gasteiger partial charge is 0.215 e. The van der Waals surface area contributed by atoms with Crippen LogP contribution in [-0.2, 0) is 13.7 Å². The molecular weight excluding hydrogens is 285 g/mol. The molecule has 1 aliphatic rings. The van der Waals surface area contributed by atoms with Crippen molar-refractivity contribution in [2.24, 2.45) is 11.3 Å². The molecule has 1 atom stereocenters. The van der Waals surface area contributed by atoms with Crippen LogP contribution in [0.2, 0.25) is 0 Å². The molecule has 0 aliphatic heterocycles. The highest BCUT2D eigenvalue weighted by atomic mass is 31.1. The predicted octanol–water partition coefficient (Wildman–Crippen LogP) is 5.31. The molecule has 116 valence electrons. The van der Waals surface area contributed by atoms with Crippen LogP contribution in [0, 0.1) is 11.3 Å². The quantitative estimate of drug-likeness (QED) is 0.591. The third-order valence-electron chi connectivity index (χ3n) is 4.15. The lowest BCUT2D eigenvalue weighted by Crippen LogP contribution is -2.28. The van der Waals surface area contributed by atoms with Crippen molar-refractivity contribution < 1.29 is 13.7 Å². The first-order valence-electron chi connectivity index (χ1n) is 7.57. The van der Waals surface area contributed by atoms with Crippen molar-refractivity contribution in [2.75, 3.05) is 5.48 Å². The summed E-state index contributed by atoms with van der Waals surface area (Å²) in [7, 11) is -2.13. The molecule has 0 bridgehead atoms. The van der Waals surface area contributed by atoms with Crippen molar-refractivity contribution >= 4 is 13.9 Å². The number of rotatable bonds is 5. The summed E-state index contributed by atoms with van der Waals surface area (Å²) in [5.41, 5.74) is 3.77. The van der Waals surface area contributed by atoms with Crippen LogP contribution >= 0.6 is 8.25 Å². The van der Waals surface area contributed by atoms with Gasteiger partial charge >= 0.3 is 8.25 Å². The number of nitrogens with one attached hydrogen (secondary N) is 1. The van der Waals surface area contributed by atoms with Gasteiger partial charge in [-0.25, -0.2) is 5.48 Å². The molecule has 1 saturated carbocycles. The van der Waals surface area contributed by atoms with Crippen LogP contribution in [0.5, 0.6) is 0 Å². The minimum absolute atomic E-state index is 0.0461. The average molecular weight is 310 g/mol. The van der Waals surface area contributed by atoms with Gasteiger partial charge in [0, 0.05) is 9.19 Å². The topological polar surface area (TPSA) is 47.6 Å². The monoisotopic (exact) mass is 310 g/mol. The Kier molecular flexibility index (Phi) is 5.74. The fraction of sp³-hybridized carbons (Fsp3) is 0.625. The van der Waals surface area contributed by atoms with Gasteiger partial charge in [0.2, 0.25) is 0 Å². The summed E-state index contributed by atoms with van der Waals surface area (Å²) in [6.45, 7) is 6.85. The first kappa shape index (κ1) is 16.4. The zero-order valence-electron chi connectivity index (χ0n) is 13.0. The Morgan fingerprint density at radius 1 is 1.10 bits per heavy atom. The Hall–Kier alpha value is -0.960. The first-order chi connectivity index (χ1) is 9.95. The van der Waals surface area contributed by atoms with E-state index in [0.717, 1.165) is 37.3 Å². The van der Waals surface area contributed by atoms with Crippen molar-refractivity contribution in [3.63, 3.8) is 0 Å². The van der Waals surface area contributed by atoms with Gasteiger partial charge in [0.1, 0.15) is 6.10 Å². The van der Waals surface area contributed by atoms with E-state index in [1.54, 1.807) is 0 Å². The van der Waals surface area contributed by atoms with Crippen LogP contribution in [0.15, 0.2) is 30.3 Å². The van der Waals surface area contributed by atoms with Gasteiger partial charge < -0.3 is 0 Å². The summed E-state index contributed by atoms with van der Waals surface area (Å²) < 4.78 is 22.4. The minimum atomic E-state index is -2.13. The molecule has 1 N–H and O–H groups in total. The molecule has 0 spiro atoms. The zero-order chi connectivity index (χ0) is 15.3. The molecule has 0 amide bonds. The van der Waals surface area contributed by atoms with Gasteiger partial charge in [-0.1, -0.05) is 39.0 Å². The Bertz CT molecular complexity index is 450. The second-order valence-electron chi connectivity index (χ2n) is 6.73. The van der Waals surface area contributed by atoms with Gasteiger partial charge in [-0.05, 0) is 49.1 Å². The number of hydrogen-bond donors (Lipinski definition) is 1. The summed E-state index contributed by atoms with van der Waals surface area (Å²) in [4.78, 5) is 0. The Balaban J connectivity index is 1.70. The van der Waals surface area contributed by atoms with Gasteiger partial charge in [-0.2, -0.15) is 0 Å². The SMILES string of the molecule is CC(C)(C)C1CCC(O[P+](=O)ONc2ccccc2)CC1. The molecule has 1 unspecified atom stereocenters. The summed E-state index contributed by atoms with van der Waals surface area (Å²) in [6.07, 6.45) is 4.22. The number of para-hydroxylation sites is 1. The van der Waals surface area contributed by atoms with E-state index in [2.05, 4.69) is 26.3 Å². The lowest BCUT2D eigenvalue weighted by atomic mass is 9.72. The number of benzene rings is 1. The zero-order valence-corrected chi connectivity index (χ0v) is 13.9. The lowest BCUT2D eigenvalue weighted by molar-refractivity contribution is 0.0825. The third kappa shape index (κ3) is 5.39. The molecule has 2 rings (SSSR count). The second-order valence-corrected chi connectivity index (χ2v) is 7.57. The van der Waals surface area contributed by atoms with E-state index in [1.807, 2.05) is 30.3 Å². The molecule has 0 saturated heterocycles. The maximum atomic E-state index is 11.8. The Labute approximate surface area is 128 Å². The summed E-state index contributed by atoms with van der Waals surface area (Å²) >= 11 is 0. The molecule has 1 aliphatic carbocycles. The molecule has 1 aromatic carbocycles. The van der Waals surface area contributed by atoms with Crippen molar-refractivity contribution in [1.29, 1.82) is 0 Å². The molecule has 5 heteroatoms. The van der Waals surface area contributed by atoms with Crippen molar-refractivity contribution in [2.45, 2.75) is 52.6 Å². The van der Waals surface area contributed by atoms with Crippen molar-refractivity contribution in [3.05, 3.63) is 30.3 Å². The van der Waals surface area contributed by atoms with E-state index < -0.39 is 8.25 Å². The molecule has 0 aromatic heterocycles. The lowest BCUT2D eigenvalue weighted by Gasteiger charge is -2.35. The Morgan fingerprint density at radius 2 is 1.71 bits per heavy atom. The van der Waals surface area contributed by atoms with Gasteiger partial charge in [-0.3, -0.25) is 0 Å². The van der Waals surface area contributed by atoms with E-state index in [-0.39, 0.29) is 6.10 Å². The Morgan fingerprint density at radius 3 is 2.29 bits per heavy atom. The fourth-order valence-corrected chi connectivity index (χ4v) is 3.45. The van der Waals surface area contributed by atoms with Crippen LogP contribution in [-0.4, -0.2) is 6.10 Å². The van der Waals surface area contributed by atoms with Gasteiger partial charge in [0.05, 0.1) is 5.69 Å². The number of hydrogen-bond acceptors (Lipinski definition) is 4. The summed E-state index contributed by atoms with van der Waals surface area (Å²) in [5.74, 6) is 0.721. The number of anilines is 1. The maximum absolute atomic E-state index is 11.8. The molecule has 0 radical (unpaired) electrons. The minimum Gasteiger partial charge on any atom is -0.215 e. The van der Waals surface area contributed by atoms with E-state index >= 15 is 0 Å². The average Bonchev–Trinajstić information content (AvgIpc) is 2.46. The molecule has 1 aromatic rings. The molecular formula is C16H25NO3P+. The highest BCUT2D eigenvalue weighted by Gasteiger charge is 2.35. The van der Waals surface area contributed by atoms with Crippen LogP contribution in [0.3, 0.4) is 0 Å². The summed E-state index contributed by atoms with van der Waals surface area (Å²) in [5, 5.41) is 0. The fourth-order valence-electron chi connectivity index (χ4n) is 2.77. The molecule has 0 heterocycles. The first-order valence-corrected chi connectivity index (χ1v) is 8.67. The van der Waals surface area contributed by atoms with Crippen LogP contribution < -0.4 is 5.48 Å². The standard InChI is InChI=1S/C16H25NO3P/c1-16(2,3)13-9-11-15(12-10-13)19-21(18)20-17-14-7-5-4-6-8-14/h4-8,13,15,17H,9-12H2,1-3H3/q+1. The maximum Gasteiger partial charge on any atom is 0.722 e. The third-order valence-corrected chi connectivity index (χ3v) is 4.86. The largest absolute Gasteiger partial charge is 0.722 e. The van der Waals surface area contributed by atoms with Gasteiger partial charge in [0.15, 0.2) is 0 Å². The van der Waals surface area contributed by atoms with Gasteiger partial charge in [0.25, 0.3) is 0 Å². The highest BCUT2D eigenvalue weighted by molar-refractivity contribution is 7.33.